The normalized spacial score (nSPS) is 20.5. The van der Waals surface area contributed by atoms with Gasteiger partial charge in [-0.2, -0.15) is 0 Å². The average molecular weight is 209 g/mol. The summed E-state index contributed by atoms with van der Waals surface area (Å²) in [5.41, 5.74) is -0.108. The molecule has 0 aromatic carbocycles. The van der Waals surface area contributed by atoms with Crippen LogP contribution in [0.4, 0.5) is 5.82 Å². The van der Waals surface area contributed by atoms with Crippen LogP contribution in [0.15, 0.2) is 10.9 Å². The van der Waals surface area contributed by atoms with E-state index >= 15 is 0 Å². The third-order valence-electron chi connectivity index (χ3n) is 2.41. The minimum absolute atomic E-state index is 0.108. The lowest BCUT2D eigenvalue weighted by Gasteiger charge is -2.11. The Labute approximate surface area is 87.9 Å². The smallest absolute Gasteiger partial charge is 0.252 e. The number of nitrogens with zero attached hydrogens (tertiary/aromatic N) is 1. The van der Waals surface area contributed by atoms with Gasteiger partial charge in [0, 0.05) is 19.1 Å². The van der Waals surface area contributed by atoms with E-state index in [0.717, 1.165) is 19.4 Å². The van der Waals surface area contributed by atoms with Crippen LogP contribution in [0.3, 0.4) is 0 Å². The number of aromatic amines is 1. The summed E-state index contributed by atoms with van der Waals surface area (Å²) in [7, 11) is 0. The predicted octanol–water partition coefficient (Wildman–Crippen LogP) is 0.533. The molecule has 5 nitrogen and oxygen atoms in total. The Balaban J connectivity index is 2.12. The first kappa shape index (κ1) is 10.2. The van der Waals surface area contributed by atoms with E-state index in [1.807, 2.05) is 6.92 Å². The van der Waals surface area contributed by atoms with Crippen molar-refractivity contribution < 1.29 is 4.74 Å². The van der Waals surface area contributed by atoms with E-state index in [0.29, 0.717) is 18.2 Å². The summed E-state index contributed by atoms with van der Waals surface area (Å²) < 4.78 is 5.24. The molecule has 5 heteroatoms. The summed E-state index contributed by atoms with van der Waals surface area (Å²) in [6.07, 6.45) is 1.70. The van der Waals surface area contributed by atoms with Crippen molar-refractivity contribution in [2.45, 2.75) is 25.8 Å². The second kappa shape index (κ2) is 4.44. The molecular formula is C10H15N3O2. The van der Waals surface area contributed by atoms with Crippen LogP contribution in [-0.4, -0.2) is 29.2 Å². The fourth-order valence-electron chi connectivity index (χ4n) is 1.61. The molecule has 1 aliphatic heterocycles. The van der Waals surface area contributed by atoms with Crippen LogP contribution < -0.4 is 10.9 Å². The number of nitrogens with one attached hydrogen (secondary N) is 2. The number of aryl methyl sites for hydroxylation is 1. The maximum absolute atomic E-state index is 11.3. The molecule has 1 atom stereocenters. The van der Waals surface area contributed by atoms with Gasteiger partial charge in [0.05, 0.1) is 12.6 Å². The summed E-state index contributed by atoms with van der Waals surface area (Å²) in [6.45, 7) is 3.43. The number of hydrogen-bond donors (Lipinski definition) is 2. The van der Waals surface area contributed by atoms with Gasteiger partial charge in [0.25, 0.3) is 5.56 Å². The molecule has 0 radical (unpaired) electrons. The molecule has 15 heavy (non-hydrogen) atoms. The second-order valence-electron chi connectivity index (χ2n) is 3.64. The van der Waals surface area contributed by atoms with Crippen molar-refractivity contribution in [1.29, 1.82) is 0 Å². The molecule has 82 valence electrons. The van der Waals surface area contributed by atoms with Gasteiger partial charge >= 0.3 is 0 Å². The van der Waals surface area contributed by atoms with Gasteiger partial charge in [-0.15, -0.1) is 0 Å². The highest BCUT2D eigenvalue weighted by Gasteiger charge is 2.15. The molecule has 1 unspecified atom stereocenters. The van der Waals surface area contributed by atoms with Crippen LogP contribution in [0, 0.1) is 0 Å². The Hall–Kier alpha value is -1.36. The van der Waals surface area contributed by atoms with E-state index in [9.17, 15) is 4.79 Å². The summed E-state index contributed by atoms with van der Waals surface area (Å²) in [5.74, 6) is 1.36. The van der Waals surface area contributed by atoms with Crippen molar-refractivity contribution in [3.8, 4) is 0 Å². The summed E-state index contributed by atoms with van der Waals surface area (Å²) in [6, 6.07) is 1.77. The lowest BCUT2D eigenvalue weighted by atomic mass is 10.2. The van der Waals surface area contributed by atoms with Gasteiger partial charge in [-0.1, -0.05) is 6.92 Å². The van der Waals surface area contributed by atoms with Crippen LogP contribution in [-0.2, 0) is 11.2 Å². The molecule has 0 spiro atoms. The number of aromatic nitrogens is 2. The molecule has 1 aromatic heterocycles. The van der Waals surface area contributed by atoms with Crippen molar-refractivity contribution in [3.05, 3.63) is 22.2 Å². The highest BCUT2D eigenvalue weighted by Crippen LogP contribution is 2.10. The van der Waals surface area contributed by atoms with Gasteiger partial charge in [-0.3, -0.25) is 4.79 Å². The van der Waals surface area contributed by atoms with Gasteiger partial charge in [-0.05, 0) is 6.42 Å². The van der Waals surface area contributed by atoms with Crippen LogP contribution in [0.5, 0.6) is 0 Å². The quantitative estimate of drug-likeness (QED) is 0.762. The molecule has 2 N–H and O–H groups in total. The molecule has 0 bridgehead atoms. The fourth-order valence-corrected chi connectivity index (χ4v) is 1.61. The van der Waals surface area contributed by atoms with Gasteiger partial charge in [0.15, 0.2) is 0 Å². The van der Waals surface area contributed by atoms with Gasteiger partial charge in [0.1, 0.15) is 11.6 Å². The maximum atomic E-state index is 11.3. The van der Waals surface area contributed by atoms with Gasteiger partial charge < -0.3 is 15.0 Å². The Kier molecular flexibility index (Phi) is 3.01. The number of hydrogen-bond acceptors (Lipinski definition) is 4. The lowest BCUT2D eigenvalue weighted by Crippen LogP contribution is -2.22. The summed E-state index contributed by atoms with van der Waals surface area (Å²) >= 11 is 0. The number of ether oxygens (including phenoxy) is 1. The first-order chi connectivity index (χ1) is 7.28. The standard InChI is InChI=1S/C10H15N3O2/c1-2-8-12-9(5-10(14)13-8)11-7-3-4-15-6-7/h5,7H,2-4,6H2,1H3,(H2,11,12,13,14). The molecule has 0 saturated carbocycles. The third-order valence-corrected chi connectivity index (χ3v) is 2.41. The van der Waals surface area contributed by atoms with Crippen molar-refractivity contribution in [2.75, 3.05) is 18.5 Å². The highest BCUT2D eigenvalue weighted by atomic mass is 16.5. The number of H-pyrrole nitrogens is 1. The van der Waals surface area contributed by atoms with E-state index in [1.54, 1.807) is 0 Å². The molecule has 1 saturated heterocycles. The Bertz CT molecular complexity index is 382. The Morgan fingerprint density at radius 3 is 3.27 bits per heavy atom. The molecule has 1 fully saturated rings. The van der Waals surface area contributed by atoms with Crippen LogP contribution in [0.1, 0.15) is 19.2 Å². The van der Waals surface area contributed by atoms with E-state index in [2.05, 4.69) is 15.3 Å². The number of rotatable bonds is 3. The Morgan fingerprint density at radius 1 is 1.73 bits per heavy atom. The zero-order valence-corrected chi connectivity index (χ0v) is 8.75. The molecule has 2 heterocycles. The monoisotopic (exact) mass is 209 g/mol. The van der Waals surface area contributed by atoms with Crippen molar-refractivity contribution >= 4 is 5.82 Å². The van der Waals surface area contributed by atoms with Crippen LogP contribution in [0.25, 0.3) is 0 Å². The first-order valence-corrected chi connectivity index (χ1v) is 5.22. The van der Waals surface area contributed by atoms with E-state index in [4.69, 9.17) is 4.74 Å². The molecule has 2 rings (SSSR count). The largest absolute Gasteiger partial charge is 0.379 e. The molecular weight excluding hydrogens is 194 g/mol. The highest BCUT2D eigenvalue weighted by molar-refractivity contribution is 5.34. The molecule has 1 aromatic rings. The van der Waals surface area contributed by atoms with Crippen LogP contribution in [0.2, 0.25) is 0 Å². The maximum Gasteiger partial charge on any atom is 0.252 e. The van der Waals surface area contributed by atoms with Crippen LogP contribution >= 0.6 is 0 Å². The van der Waals surface area contributed by atoms with Crippen molar-refractivity contribution in [3.63, 3.8) is 0 Å². The van der Waals surface area contributed by atoms with E-state index in [-0.39, 0.29) is 11.6 Å². The lowest BCUT2D eigenvalue weighted by molar-refractivity contribution is 0.195. The first-order valence-electron chi connectivity index (χ1n) is 5.22. The zero-order chi connectivity index (χ0) is 10.7. The van der Waals surface area contributed by atoms with Crippen molar-refractivity contribution in [1.82, 2.24) is 9.97 Å². The van der Waals surface area contributed by atoms with Gasteiger partial charge in [0.2, 0.25) is 0 Å². The predicted molar refractivity (Wildman–Crippen MR) is 57.1 cm³/mol. The molecule has 0 amide bonds. The SMILES string of the molecule is CCc1nc(NC2CCOC2)cc(=O)[nH]1. The number of anilines is 1. The van der Waals surface area contributed by atoms with E-state index < -0.39 is 0 Å². The fraction of sp³-hybridized carbons (Fsp3) is 0.600. The molecule has 1 aliphatic rings. The summed E-state index contributed by atoms with van der Waals surface area (Å²) in [5, 5.41) is 3.20. The summed E-state index contributed by atoms with van der Waals surface area (Å²) in [4.78, 5) is 18.3. The third kappa shape index (κ3) is 2.56. The topological polar surface area (TPSA) is 67.0 Å². The second-order valence-corrected chi connectivity index (χ2v) is 3.64. The Morgan fingerprint density at radius 2 is 2.60 bits per heavy atom. The van der Waals surface area contributed by atoms with E-state index in [1.165, 1.54) is 6.07 Å². The van der Waals surface area contributed by atoms with Gasteiger partial charge in [-0.25, -0.2) is 4.98 Å². The van der Waals surface area contributed by atoms with Crippen molar-refractivity contribution in [2.24, 2.45) is 0 Å². The molecule has 0 aliphatic carbocycles. The minimum atomic E-state index is -0.108. The zero-order valence-electron chi connectivity index (χ0n) is 8.75. The minimum Gasteiger partial charge on any atom is -0.379 e. The average Bonchev–Trinajstić information content (AvgIpc) is 2.69.